The lowest BCUT2D eigenvalue weighted by molar-refractivity contribution is -0.154. The number of unbranched alkanes of at least 4 members (excludes halogenated alkanes) is 3. The number of methoxy groups -OCH3 is 2. The molecule has 2 aromatic carbocycles. The number of benzene rings is 2. The van der Waals surface area contributed by atoms with Gasteiger partial charge in [-0.3, -0.25) is 0 Å². The average Bonchev–Trinajstić information content (AvgIpc) is 2.85. The van der Waals surface area contributed by atoms with Crippen molar-refractivity contribution < 1.29 is 28.9 Å². The predicted molar refractivity (Wildman–Crippen MR) is 127 cm³/mol. The average molecular weight is 457 g/mol. The smallest absolute Gasteiger partial charge is 0.337 e. The van der Waals surface area contributed by atoms with Gasteiger partial charge >= 0.3 is 11.9 Å². The number of esters is 2. The molecular weight excluding hydrogens is 420 g/mol. The van der Waals surface area contributed by atoms with E-state index in [1.165, 1.54) is 19.8 Å². The van der Waals surface area contributed by atoms with Gasteiger partial charge in [0.1, 0.15) is 0 Å². The van der Waals surface area contributed by atoms with E-state index in [1.807, 2.05) is 36.4 Å². The van der Waals surface area contributed by atoms with Gasteiger partial charge in [0.25, 0.3) is 0 Å². The van der Waals surface area contributed by atoms with Crippen molar-refractivity contribution in [3.05, 3.63) is 70.8 Å². The van der Waals surface area contributed by atoms with Crippen molar-refractivity contribution >= 4 is 11.9 Å². The molecule has 0 amide bonds. The van der Waals surface area contributed by atoms with Crippen LogP contribution in [0.25, 0.3) is 0 Å². The molecule has 0 bridgehead atoms. The Morgan fingerprint density at radius 3 is 2.33 bits per heavy atom. The van der Waals surface area contributed by atoms with Gasteiger partial charge in [-0.2, -0.15) is 0 Å². The van der Waals surface area contributed by atoms with Crippen molar-refractivity contribution in [1.82, 2.24) is 0 Å². The summed E-state index contributed by atoms with van der Waals surface area (Å²) in [7, 11) is 2.75. The van der Waals surface area contributed by atoms with Crippen LogP contribution in [0.4, 0.5) is 0 Å². The summed E-state index contributed by atoms with van der Waals surface area (Å²) < 4.78 is 15.7. The Kier molecular flexibility index (Phi) is 12.2. The van der Waals surface area contributed by atoms with Gasteiger partial charge in [-0.25, -0.2) is 9.59 Å². The van der Waals surface area contributed by atoms with Crippen molar-refractivity contribution in [1.29, 1.82) is 0 Å². The molecule has 0 spiro atoms. The molecule has 6 heteroatoms. The second kappa shape index (κ2) is 15.2. The quantitative estimate of drug-likeness (QED) is 0.318. The highest BCUT2D eigenvalue weighted by Crippen LogP contribution is 2.17. The van der Waals surface area contributed by atoms with Crippen LogP contribution >= 0.6 is 0 Å². The van der Waals surface area contributed by atoms with Crippen LogP contribution in [-0.2, 0) is 38.3 Å². The van der Waals surface area contributed by atoms with Gasteiger partial charge in [0, 0.05) is 19.6 Å². The molecule has 1 atom stereocenters. The molecule has 0 heterocycles. The molecule has 0 aromatic heterocycles. The normalized spacial score (nSPS) is 11.7. The van der Waals surface area contributed by atoms with Gasteiger partial charge in [-0.15, -0.1) is 0 Å². The molecule has 0 fully saturated rings. The highest BCUT2D eigenvalue weighted by molar-refractivity contribution is 5.89. The van der Waals surface area contributed by atoms with Crippen molar-refractivity contribution in [2.24, 2.45) is 0 Å². The highest BCUT2D eigenvalue weighted by atomic mass is 16.6. The number of hydrogen-bond acceptors (Lipinski definition) is 6. The molecule has 0 saturated carbocycles. The van der Waals surface area contributed by atoms with Crippen LogP contribution < -0.4 is 0 Å². The third-order valence-electron chi connectivity index (χ3n) is 5.62. The zero-order chi connectivity index (χ0) is 23.9. The molecule has 0 aliphatic heterocycles. The first-order valence-electron chi connectivity index (χ1n) is 11.6. The molecule has 1 unspecified atom stereocenters. The van der Waals surface area contributed by atoms with Crippen molar-refractivity contribution in [2.75, 3.05) is 27.4 Å². The van der Waals surface area contributed by atoms with Crippen LogP contribution in [0, 0.1) is 0 Å². The number of ether oxygens (including phenoxy) is 3. The van der Waals surface area contributed by atoms with Crippen LogP contribution in [0.2, 0.25) is 0 Å². The Morgan fingerprint density at radius 1 is 0.848 bits per heavy atom. The van der Waals surface area contributed by atoms with Gasteiger partial charge in [-0.1, -0.05) is 49.2 Å². The molecule has 6 nitrogen and oxygen atoms in total. The van der Waals surface area contributed by atoms with E-state index in [4.69, 9.17) is 19.3 Å². The van der Waals surface area contributed by atoms with E-state index in [1.54, 1.807) is 6.07 Å². The lowest BCUT2D eigenvalue weighted by Gasteiger charge is -2.18. The molecule has 0 radical (unpaired) electrons. The van der Waals surface area contributed by atoms with E-state index in [-0.39, 0.29) is 18.5 Å². The fourth-order valence-corrected chi connectivity index (χ4v) is 3.80. The van der Waals surface area contributed by atoms with E-state index >= 15 is 0 Å². The van der Waals surface area contributed by atoms with Crippen LogP contribution in [0.1, 0.15) is 59.2 Å². The number of carbonyl (C=O) groups is 2. The summed E-state index contributed by atoms with van der Waals surface area (Å²) in [5.74, 6) is -0.730. The SMILES string of the molecule is COC(=O)c1cccc(CCCOC(Cc2ccccc2CCCCCCO)C(=O)OC)c1. The number of carbonyl (C=O) groups excluding carboxylic acids is 2. The summed E-state index contributed by atoms with van der Waals surface area (Å²) in [6.45, 7) is 0.650. The maximum absolute atomic E-state index is 12.4. The summed E-state index contributed by atoms with van der Waals surface area (Å²) in [5, 5.41) is 8.92. The second-order valence-corrected chi connectivity index (χ2v) is 8.04. The fraction of sp³-hybridized carbons (Fsp3) is 0.481. The lowest BCUT2D eigenvalue weighted by Crippen LogP contribution is -2.29. The third kappa shape index (κ3) is 9.36. The van der Waals surface area contributed by atoms with Crippen molar-refractivity contribution in [3.63, 3.8) is 0 Å². The summed E-state index contributed by atoms with van der Waals surface area (Å²) in [4.78, 5) is 24.1. The maximum atomic E-state index is 12.4. The Labute approximate surface area is 196 Å². The van der Waals surface area contributed by atoms with E-state index in [2.05, 4.69) is 6.07 Å². The summed E-state index contributed by atoms with van der Waals surface area (Å²) in [6, 6.07) is 15.5. The van der Waals surface area contributed by atoms with Gasteiger partial charge in [0.05, 0.1) is 19.8 Å². The Bertz CT molecular complexity index is 863. The fourth-order valence-electron chi connectivity index (χ4n) is 3.80. The Morgan fingerprint density at radius 2 is 1.61 bits per heavy atom. The van der Waals surface area contributed by atoms with Crippen LogP contribution in [0.15, 0.2) is 48.5 Å². The number of rotatable bonds is 15. The Hall–Kier alpha value is -2.70. The molecular formula is C27H36O6. The minimum atomic E-state index is -0.660. The minimum Gasteiger partial charge on any atom is -0.467 e. The Balaban J connectivity index is 1.90. The van der Waals surface area contributed by atoms with Crippen LogP contribution in [0.3, 0.4) is 0 Å². The first-order chi connectivity index (χ1) is 16.1. The van der Waals surface area contributed by atoms with E-state index < -0.39 is 6.10 Å². The maximum Gasteiger partial charge on any atom is 0.337 e. The number of aliphatic hydroxyl groups excluding tert-OH is 1. The molecule has 0 aliphatic rings. The minimum absolute atomic E-state index is 0.242. The summed E-state index contributed by atoms with van der Waals surface area (Å²) >= 11 is 0. The largest absolute Gasteiger partial charge is 0.467 e. The van der Waals surface area contributed by atoms with Gasteiger partial charge in [0.15, 0.2) is 6.10 Å². The molecule has 33 heavy (non-hydrogen) atoms. The van der Waals surface area contributed by atoms with Gasteiger partial charge in [0.2, 0.25) is 0 Å². The first kappa shape index (κ1) is 26.6. The number of hydrogen-bond donors (Lipinski definition) is 1. The molecule has 1 N–H and O–H groups in total. The van der Waals surface area contributed by atoms with E-state index in [9.17, 15) is 9.59 Å². The van der Waals surface area contributed by atoms with Gasteiger partial charge < -0.3 is 19.3 Å². The highest BCUT2D eigenvalue weighted by Gasteiger charge is 2.21. The molecule has 2 rings (SSSR count). The topological polar surface area (TPSA) is 82.1 Å². The number of aryl methyl sites for hydroxylation is 2. The number of aliphatic hydroxyl groups is 1. The van der Waals surface area contributed by atoms with E-state index in [0.29, 0.717) is 25.0 Å². The molecule has 0 saturated heterocycles. The first-order valence-corrected chi connectivity index (χ1v) is 11.6. The van der Waals surface area contributed by atoms with Crippen LogP contribution in [-0.4, -0.2) is 50.6 Å². The zero-order valence-electron chi connectivity index (χ0n) is 19.8. The van der Waals surface area contributed by atoms with Crippen molar-refractivity contribution in [3.8, 4) is 0 Å². The second-order valence-electron chi connectivity index (χ2n) is 8.04. The van der Waals surface area contributed by atoms with Crippen molar-refractivity contribution in [2.45, 2.75) is 57.5 Å². The summed E-state index contributed by atoms with van der Waals surface area (Å²) in [5.41, 5.74) is 3.86. The van der Waals surface area contributed by atoms with E-state index in [0.717, 1.165) is 49.7 Å². The monoisotopic (exact) mass is 456 g/mol. The molecule has 0 aliphatic carbocycles. The lowest BCUT2D eigenvalue weighted by atomic mass is 9.97. The molecule has 180 valence electrons. The predicted octanol–water partition coefficient (Wildman–Crippen LogP) is 4.30. The van der Waals surface area contributed by atoms with Gasteiger partial charge in [-0.05, 0) is 60.9 Å². The third-order valence-corrected chi connectivity index (χ3v) is 5.62. The molecule has 2 aromatic rings. The summed E-state index contributed by atoms with van der Waals surface area (Å²) in [6.07, 6.45) is 6.17. The van der Waals surface area contributed by atoms with Crippen LogP contribution in [0.5, 0.6) is 0 Å². The standard InChI is InChI=1S/C27H36O6/c1-31-26(29)24-16-9-11-21(19-24)12-10-18-33-25(27(30)32-2)20-23-15-7-6-14-22(23)13-5-3-4-8-17-28/h6-7,9,11,14-16,19,25,28H,3-5,8,10,12-13,17-18,20H2,1-2H3. The zero-order valence-corrected chi connectivity index (χ0v) is 19.8.